The van der Waals surface area contributed by atoms with E-state index < -0.39 is 0 Å². The summed E-state index contributed by atoms with van der Waals surface area (Å²) in [4.78, 5) is 0. The van der Waals surface area contributed by atoms with Gasteiger partial charge in [-0.15, -0.1) is 0 Å². The molecule has 72 valence electrons. The van der Waals surface area contributed by atoms with E-state index in [2.05, 4.69) is 6.07 Å². The molecular formula is C13H5N3. The third kappa shape index (κ3) is 1.27. The summed E-state index contributed by atoms with van der Waals surface area (Å²) in [5, 5.41) is 26.9. The summed E-state index contributed by atoms with van der Waals surface area (Å²) >= 11 is 0. The number of rotatable bonds is 0. The van der Waals surface area contributed by atoms with Gasteiger partial charge in [-0.05, 0) is 18.2 Å². The van der Waals surface area contributed by atoms with Gasteiger partial charge < -0.3 is 0 Å². The number of fused-ring (bicyclic) bond motifs is 1. The lowest BCUT2D eigenvalue weighted by molar-refractivity contribution is 1.47. The molecule has 3 nitrogen and oxygen atoms in total. The second-order valence-electron chi connectivity index (χ2n) is 3.22. The van der Waals surface area contributed by atoms with Crippen molar-refractivity contribution >= 4 is 0 Å². The summed E-state index contributed by atoms with van der Waals surface area (Å²) in [6.45, 7) is 0. The van der Waals surface area contributed by atoms with Crippen LogP contribution in [0.3, 0.4) is 0 Å². The van der Waals surface area contributed by atoms with E-state index in [1.165, 1.54) is 0 Å². The Morgan fingerprint density at radius 3 is 1.88 bits per heavy atom. The molecule has 0 atom stereocenters. The summed E-state index contributed by atoms with van der Waals surface area (Å²) in [6, 6.07) is 14.4. The SMILES string of the molecule is N#Cc1cccc(C#N)c2c(C#N)ccc1-2. The standard InChI is InChI=1S/C13H5N3/c14-6-9-2-1-3-10(7-15)13-11(8-16)4-5-12(9)13/h1-5H. The Labute approximate surface area is 92.7 Å². The molecular weight excluding hydrogens is 198 g/mol. The highest BCUT2D eigenvalue weighted by molar-refractivity contribution is 5.82. The highest BCUT2D eigenvalue weighted by atomic mass is 14.3. The molecule has 0 bridgehead atoms. The van der Waals surface area contributed by atoms with Crippen LogP contribution in [0.25, 0.3) is 11.1 Å². The molecule has 2 rings (SSSR count). The van der Waals surface area contributed by atoms with Gasteiger partial charge in [0.1, 0.15) is 0 Å². The highest BCUT2D eigenvalue weighted by Crippen LogP contribution is 2.32. The fraction of sp³-hybridized carbons (Fsp3) is 0. The maximum absolute atomic E-state index is 9.01. The topological polar surface area (TPSA) is 71.4 Å². The fourth-order valence-corrected chi connectivity index (χ4v) is 1.69. The summed E-state index contributed by atoms with van der Waals surface area (Å²) in [6.07, 6.45) is 0. The average molecular weight is 203 g/mol. The largest absolute Gasteiger partial charge is 0.192 e. The molecule has 2 aliphatic carbocycles. The second kappa shape index (κ2) is 3.73. The molecule has 0 aromatic heterocycles. The monoisotopic (exact) mass is 203 g/mol. The normalized spacial score (nSPS) is 9.06. The van der Waals surface area contributed by atoms with Crippen molar-refractivity contribution in [1.82, 2.24) is 0 Å². The van der Waals surface area contributed by atoms with Crippen molar-refractivity contribution in [2.75, 3.05) is 0 Å². The van der Waals surface area contributed by atoms with E-state index in [0.717, 1.165) is 0 Å². The summed E-state index contributed by atoms with van der Waals surface area (Å²) in [5.41, 5.74) is 2.53. The summed E-state index contributed by atoms with van der Waals surface area (Å²) in [5.74, 6) is 0. The Morgan fingerprint density at radius 2 is 1.25 bits per heavy atom. The van der Waals surface area contributed by atoms with Crippen molar-refractivity contribution in [3.63, 3.8) is 0 Å². The van der Waals surface area contributed by atoms with Crippen LogP contribution in [0.2, 0.25) is 0 Å². The molecule has 0 spiro atoms. The van der Waals surface area contributed by atoms with E-state index in [-0.39, 0.29) is 0 Å². The minimum atomic E-state index is 0.415. The molecule has 0 heterocycles. The third-order valence-corrected chi connectivity index (χ3v) is 2.40. The van der Waals surface area contributed by atoms with E-state index in [9.17, 15) is 0 Å². The Hall–Kier alpha value is -2.83. The van der Waals surface area contributed by atoms with Crippen LogP contribution in [0.15, 0.2) is 30.3 Å². The lowest BCUT2D eigenvalue weighted by Gasteiger charge is -1.97. The molecule has 3 heteroatoms. The van der Waals surface area contributed by atoms with Gasteiger partial charge >= 0.3 is 0 Å². The van der Waals surface area contributed by atoms with Crippen LogP contribution in [-0.4, -0.2) is 0 Å². The van der Waals surface area contributed by atoms with Crippen LogP contribution < -0.4 is 0 Å². The average Bonchev–Trinajstić information content (AvgIpc) is 2.65. The molecule has 0 aliphatic heterocycles. The zero-order valence-corrected chi connectivity index (χ0v) is 8.23. The van der Waals surface area contributed by atoms with Gasteiger partial charge in [0, 0.05) is 11.1 Å². The first-order valence-electron chi connectivity index (χ1n) is 4.58. The molecule has 0 aromatic rings. The molecule has 16 heavy (non-hydrogen) atoms. The van der Waals surface area contributed by atoms with Crippen molar-refractivity contribution in [3.8, 4) is 29.3 Å². The van der Waals surface area contributed by atoms with Crippen LogP contribution in [0, 0.1) is 34.0 Å². The van der Waals surface area contributed by atoms with E-state index in [0.29, 0.717) is 27.8 Å². The van der Waals surface area contributed by atoms with Crippen LogP contribution in [0.4, 0.5) is 0 Å². The van der Waals surface area contributed by atoms with Gasteiger partial charge in [0.05, 0.1) is 34.9 Å². The summed E-state index contributed by atoms with van der Waals surface area (Å²) < 4.78 is 0. The maximum Gasteiger partial charge on any atom is 0.0998 e. The Bertz CT molecular complexity index is 651. The maximum atomic E-state index is 9.01. The predicted molar refractivity (Wildman–Crippen MR) is 57.2 cm³/mol. The third-order valence-electron chi connectivity index (χ3n) is 2.40. The van der Waals surface area contributed by atoms with Crippen molar-refractivity contribution < 1.29 is 0 Å². The number of nitrogens with zero attached hydrogens (tertiary/aromatic N) is 3. The van der Waals surface area contributed by atoms with Crippen LogP contribution >= 0.6 is 0 Å². The van der Waals surface area contributed by atoms with Gasteiger partial charge in [-0.3, -0.25) is 0 Å². The minimum Gasteiger partial charge on any atom is -0.192 e. The van der Waals surface area contributed by atoms with E-state index in [1.807, 2.05) is 12.1 Å². The predicted octanol–water partition coefficient (Wildman–Crippen LogP) is 2.41. The lowest BCUT2D eigenvalue weighted by atomic mass is 10.0. The van der Waals surface area contributed by atoms with Crippen LogP contribution in [-0.2, 0) is 0 Å². The Balaban J connectivity index is 2.93. The number of nitriles is 3. The Kier molecular flexibility index (Phi) is 2.27. The molecule has 2 aliphatic rings. The lowest BCUT2D eigenvalue weighted by Crippen LogP contribution is -1.82. The zero-order chi connectivity index (χ0) is 11.5. The molecule has 0 radical (unpaired) electrons. The number of hydrogen-bond acceptors (Lipinski definition) is 3. The van der Waals surface area contributed by atoms with Crippen molar-refractivity contribution in [2.45, 2.75) is 0 Å². The van der Waals surface area contributed by atoms with Crippen molar-refractivity contribution in [3.05, 3.63) is 47.0 Å². The van der Waals surface area contributed by atoms with Crippen LogP contribution in [0.1, 0.15) is 16.7 Å². The molecule has 0 fully saturated rings. The minimum absolute atomic E-state index is 0.415. The van der Waals surface area contributed by atoms with E-state index in [4.69, 9.17) is 15.8 Å². The fourth-order valence-electron chi connectivity index (χ4n) is 1.69. The van der Waals surface area contributed by atoms with Gasteiger partial charge in [0.2, 0.25) is 0 Å². The quantitative estimate of drug-likeness (QED) is 0.660. The van der Waals surface area contributed by atoms with Crippen LogP contribution in [0.5, 0.6) is 0 Å². The first-order chi connectivity index (χ1) is 7.81. The van der Waals surface area contributed by atoms with Crippen molar-refractivity contribution in [2.24, 2.45) is 0 Å². The second-order valence-corrected chi connectivity index (χ2v) is 3.22. The molecule has 0 aromatic carbocycles. The smallest absolute Gasteiger partial charge is 0.0998 e. The Morgan fingerprint density at radius 1 is 0.688 bits per heavy atom. The van der Waals surface area contributed by atoms with Gasteiger partial charge in [-0.25, -0.2) is 0 Å². The zero-order valence-electron chi connectivity index (χ0n) is 8.23. The molecule has 0 N–H and O–H groups in total. The van der Waals surface area contributed by atoms with Gasteiger partial charge in [0.15, 0.2) is 0 Å². The highest BCUT2D eigenvalue weighted by Gasteiger charge is 2.16. The van der Waals surface area contributed by atoms with Gasteiger partial charge in [-0.1, -0.05) is 12.1 Å². The van der Waals surface area contributed by atoms with E-state index >= 15 is 0 Å². The number of hydrogen-bond donors (Lipinski definition) is 0. The van der Waals surface area contributed by atoms with Gasteiger partial charge in [0.25, 0.3) is 0 Å². The first kappa shape index (κ1) is 9.71. The summed E-state index contributed by atoms with van der Waals surface area (Å²) in [7, 11) is 0. The van der Waals surface area contributed by atoms with Crippen molar-refractivity contribution in [1.29, 1.82) is 15.8 Å². The molecule has 0 unspecified atom stereocenters. The van der Waals surface area contributed by atoms with E-state index in [1.54, 1.807) is 30.3 Å². The molecule has 0 saturated carbocycles. The molecule has 0 amide bonds. The van der Waals surface area contributed by atoms with Gasteiger partial charge in [-0.2, -0.15) is 15.8 Å². The molecule has 0 saturated heterocycles. The first-order valence-corrected chi connectivity index (χ1v) is 4.58.